The average Bonchev–Trinajstić information content (AvgIpc) is 2.39. The summed E-state index contributed by atoms with van der Waals surface area (Å²) in [6, 6.07) is 10.8. The Bertz CT molecular complexity index is 572. The Labute approximate surface area is 116 Å². The highest BCUT2D eigenvalue weighted by molar-refractivity contribution is 6.31. The van der Waals surface area contributed by atoms with Crippen molar-refractivity contribution in [1.29, 1.82) is 0 Å². The molecule has 19 heavy (non-hydrogen) atoms. The third-order valence-electron chi connectivity index (χ3n) is 3.07. The van der Waals surface area contributed by atoms with Gasteiger partial charge in [0, 0.05) is 22.7 Å². The van der Waals surface area contributed by atoms with Gasteiger partial charge < -0.3 is 5.32 Å². The summed E-state index contributed by atoms with van der Waals surface area (Å²) in [6.07, 6.45) is 0.540. The maximum Gasteiger partial charge on any atom is 0.130 e. The van der Waals surface area contributed by atoms with E-state index in [0.29, 0.717) is 17.0 Å². The fourth-order valence-electron chi connectivity index (χ4n) is 2.04. The molecule has 0 radical (unpaired) electrons. The normalized spacial score (nSPS) is 12.4. The molecule has 1 atom stereocenters. The number of nitrogens with one attached hydrogen (secondary N) is 1. The summed E-state index contributed by atoms with van der Waals surface area (Å²) < 4.78 is 26.7. The van der Waals surface area contributed by atoms with Crippen molar-refractivity contribution in [2.45, 2.75) is 12.5 Å². The summed E-state index contributed by atoms with van der Waals surface area (Å²) >= 11 is 6.10. The van der Waals surface area contributed by atoms with Crippen LogP contribution in [-0.2, 0) is 6.42 Å². The van der Waals surface area contributed by atoms with Crippen LogP contribution >= 0.6 is 11.6 Å². The zero-order valence-corrected chi connectivity index (χ0v) is 11.2. The highest BCUT2D eigenvalue weighted by atomic mass is 35.5. The molecular weight excluding hydrogens is 268 g/mol. The van der Waals surface area contributed by atoms with Gasteiger partial charge in [-0.3, -0.25) is 0 Å². The fourth-order valence-corrected chi connectivity index (χ4v) is 2.25. The highest BCUT2D eigenvalue weighted by Gasteiger charge is 2.16. The van der Waals surface area contributed by atoms with Crippen LogP contribution in [0.3, 0.4) is 0 Å². The summed E-state index contributed by atoms with van der Waals surface area (Å²) in [5.74, 6) is -1.12. The smallest absolute Gasteiger partial charge is 0.130 e. The molecule has 2 rings (SSSR count). The first-order valence-corrected chi connectivity index (χ1v) is 6.35. The largest absolute Gasteiger partial charge is 0.313 e. The molecule has 2 aromatic carbocycles. The van der Waals surface area contributed by atoms with Crippen LogP contribution in [0.5, 0.6) is 0 Å². The van der Waals surface area contributed by atoms with E-state index in [-0.39, 0.29) is 6.04 Å². The van der Waals surface area contributed by atoms with Crippen LogP contribution in [0.15, 0.2) is 42.5 Å². The summed E-state index contributed by atoms with van der Waals surface area (Å²) in [6.45, 7) is 0. The van der Waals surface area contributed by atoms with Gasteiger partial charge in [-0.25, -0.2) is 8.78 Å². The summed E-state index contributed by atoms with van der Waals surface area (Å²) in [4.78, 5) is 0. The highest BCUT2D eigenvalue weighted by Crippen LogP contribution is 2.25. The van der Waals surface area contributed by atoms with E-state index < -0.39 is 11.6 Å². The van der Waals surface area contributed by atoms with E-state index in [1.54, 1.807) is 13.1 Å². The lowest BCUT2D eigenvalue weighted by Gasteiger charge is -2.18. The molecule has 0 aliphatic rings. The molecule has 1 nitrogen and oxygen atoms in total. The van der Waals surface area contributed by atoms with Crippen molar-refractivity contribution in [1.82, 2.24) is 5.32 Å². The van der Waals surface area contributed by atoms with E-state index in [2.05, 4.69) is 5.32 Å². The van der Waals surface area contributed by atoms with Gasteiger partial charge in [-0.1, -0.05) is 35.9 Å². The van der Waals surface area contributed by atoms with Crippen molar-refractivity contribution >= 4 is 11.6 Å². The maximum atomic E-state index is 13.8. The van der Waals surface area contributed by atoms with Crippen molar-refractivity contribution in [3.63, 3.8) is 0 Å². The second kappa shape index (κ2) is 6.13. The number of hydrogen-bond acceptors (Lipinski definition) is 1. The van der Waals surface area contributed by atoms with E-state index >= 15 is 0 Å². The molecule has 4 heteroatoms. The minimum atomic E-state index is -0.575. The van der Waals surface area contributed by atoms with Gasteiger partial charge in [-0.2, -0.15) is 0 Å². The van der Waals surface area contributed by atoms with Gasteiger partial charge in [-0.05, 0) is 31.2 Å². The Morgan fingerprint density at radius 1 is 1.16 bits per heavy atom. The number of hydrogen-bond donors (Lipinski definition) is 1. The Kier molecular flexibility index (Phi) is 4.51. The molecule has 0 aromatic heterocycles. The molecule has 0 spiro atoms. The minimum absolute atomic E-state index is 0.250. The number of halogens is 3. The monoisotopic (exact) mass is 281 g/mol. The van der Waals surface area contributed by atoms with Crippen LogP contribution in [0.2, 0.25) is 5.02 Å². The molecule has 0 amide bonds. The molecule has 100 valence electrons. The van der Waals surface area contributed by atoms with Crippen molar-refractivity contribution in [3.05, 3.63) is 70.2 Å². The second-order valence-corrected chi connectivity index (χ2v) is 4.71. The van der Waals surface area contributed by atoms with Crippen LogP contribution in [0.1, 0.15) is 17.2 Å². The second-order valence-electron chi connectivity index (χ2n) is 4.30. The minimum Gasteiger partial charge on any atom is -0.313 e. The molecule has 1 N–H and O–H groups in total. The quantitative estimate of drug-likeness (QED) is 0.889. The number of rotatable bonds is 4. The summed E-state index contributed by atoms with van der Waals surface area (Å²) in [5.41, 5.74) is 1.36. The Morgan fingerprint density at radius 2 is 1.89 bits per heavy atom. The molecule has 2 aromatic rings. The van der Waals surface area contributed by atoms with E-state index in [4.69, 9.17) is 11.6 Å². The summed E-state index contributed by atoms with van der Waals surface area (Å²) in [7, 11) is 1.74. The van der Waals surface area contributed by atoms with E-state index in [9.17, 15) is 8.78 Å². The lowest BCUT2D eigenvalue weighted by molar-refractivity contribution is 0.521. The van der Waals surface area contributed by atoms with Crippen LogP contribution in [-0.4, -0.2) is 7.05 Å². The van der Waals surface area contributed by atoms with Crippen molar-refractivity contribution < 1.29 is 8.78 Å². The van der Waals surface area contributed by atoms with Gasteiger partial charge in [0.05, 0.1) is 0 Å². The van der Waals surface area contributed by atoms with Crippen LogP contribution in [0, 0.1) is 11.6 Å². The van der Waals surface area contributed by atoms with E-state index in [0.717, 1.165) is 11.6 Å². The third kappa shape index (κ3) is 3.31. The molecule has 0 saturated carbocycles. The predicted octanol–water partition coefficient (Wildman–Crippen LogP) is 4.12. The zero-order chi connectivity index (χ0) is 13.8. The first kappa shape index (κ1) is 14.0. The van der Waals surface area contributed by atoms with Crippen LogP contribution < -0.4 is 5.32 Å². The first-order chi connectivity index (χ1) is 9.11. The molecule has 0 aliphatic carbocycles. The molecule has 0 fully saturated rings. The maximum absolute atomic E-state index is 13.8. The van der Waals surface area contributed by atoms with Gasteiger partial charge in [0.15, 0.2) is 0 Å². The Balaban J connectivity index is 2.28. The van der Waals surface area contributed by atoms with Crippen molar-refractivity contribution in [2.75, 3.05) is 7.05 Å². The lowest BCUT2D eigenvalue weighted by atomic mass is 9.98. The van der Waals surface area contributed by atoms with Crippen LogP contribution in [0.4, 0.5) is 8.78 Å². The van der Waals surface area contributed by atoms with Crippen LogP contribution in [0.25, 0.3) is 0 Å². The number of likely N-dealkylation sites (N-methyl/N-ethyl adjacent to an activating group) is 1. The molecule has 0 bridgehead atoms. The lowest BCUT2D eigenvalue weighted by Crippen LogP contribution is -2.20. The van der Waals surface area contributed by atoms with Crippen molar-refractivity contribution in [2.24, 2.45) is 0 Å². The van der Waals surface area contributed by atoms with Crippen molar-refractivity contribution in [3.8, 4) is 0 Å². The third-order valence-corrected chi connectivity index (χ3v) is 3.44. The molecule has 0 heterocycles. The van der Waals surface area contributed by atoms with Gasteiger partial charge in [0.25, 0.3) is 0 Å². The Hall–Kier alpha value is -1.45. The summed E-state index contributed by atoms with van der Waals surface area (Å²) in [5, 5.41) is 3.68. The SMILES string of the molecule is CNC(Cc1ccccc1Cl)c1ccc(F)cc1F. The van der Waals surface area contributed by atoms with E-state index in [1.165, 1.54) is 12.1 Å². The molecular formula is C15H14ClF2N. The Morgan fingerprint density at radius 3 is 2.53 bits per heavy atom. The topological polar surface area (TPSA) is 12.0 Å². The number of benzene rings is 2. The van der Waals surface area contributed by atoms with Gasteiger partial charge in [-0.15, -0.1) is 0 Å². The molecule has 1 unspecified atom stereocenters. The molecule has 0 aliphatic heterocycles. The fraction of sp³-hybridized carbons (Fsp3) is 0.200. The molecule has 0 saturated heterocycles. The van der Waals surface area contributed by atoms with Gasteiger partial charge in [0.1, 0.15) is 11.6 Å². The first-order valence-electron chi connectivity index (χ1n) is 5.97. The predicted molar refractivity (Wildman–Crippen MR) is 73.3 cm³/mol. The van der Waals surface area contributed by atoms with E-state index in [1.807, 2.05) is 18.2 Å². The van der Waals surface area contributed by atoms with Gasteiger partial charge in [0.2, 0.25) is 0 Å². The average molecular weight is 282 g/mol. The standard InChI is InChI=1S/C15H14ClF2N/c1-19-15(8-10-4-2-3-5-13(10)16)12-7-6-11(17)9-14(12)18/h2-7,9,15,19H,8H2,1H3. The zero-order valence-electron chi connectivity index (χ0n) is 10.5. The van der Waals surface area contributed by atoms with Gasteiger partial charge >= 0.3 is 0 Å².